The zero-order chi connectivity index (χ0) is 16.3. The molecular formula is C10H13NO8S2. The predicted octanol–water partition coefficient (Wildman–Crippen LogP) is 0.547. The molecule has 0 saturated heterocycles. The summed E-state index contributed by atoms with van der Waals surface area (Å²) in [6.07, 6.45) is 1.68. The largest absolute Gasteiger partial charge is 0.269 e. The van der Waals surface area contributed by atoms with E-state index in [2.05, 4.69) is 8.37 Å². The maximum Gasteiger partial charge on any atom is 0.269 e. The number of benzene rings is 1. The van der Waals surface area contributed by atoms with Crippen LogP contribution in [0.15, 0.2) is 18.2 Å². The predicted molar refractivity (Wildman–Crippen MR) is 72.4 cm³/mol. The van der Waals surface area contributed by atoms with E-state index in [-0.39, 0.29) is 23.4 Å². The second kappa shape index (κ2) is 6.47. The SMILES string of the molecule is CS(=O)(=O)OCc1ccc([N+](=O)[O-])cc1COS(C)(=O)=O. The molecule has 21 heavy (non-hydrogen) atoms. The topological polar surface area (TPSA) is 130 Å². The lowest BCUT2D eigenvalue weighted by Gasteiger charge is -2.09. The summed E-state index contributed by atoms with van der Waals surface area (Å²) in [4.78, 5) is 10.0. The summed E-state index contributed by atoms with van der Waals surface area (Å²) in [6, 6.07) is 3.54. The molecule has 0 fully saturated rings. The first-order valence-corrected chi connectivity index (χ1v) is 9.06. The summed E-state index contributed by atoms with van der Waals surface area (Å²) in [7, 11) is -7.45. The van der Waals surface area contributed by atoms with Crippen LogP contribution in [-0.2, 0) is 41.8 Å². The van der Waals surface area contributed by atoms with Crippen LogP contribution in [0.25, 0.3) is 0 Å². The first kappa shape index (κ1) is 17.5. The molecule has 0 N–H and O–H groups in total. The minimum Gasteiger partial charge on any atom is -0.265 e. The van der Waals surface area contributed by atoms with Crippen LogP contribution in [0.2, 0.25) is 0 Å². The Bertz CT molecular complexity index is 738. The molecule has 0 aromatic heterocycles. The van der Waals surface area contributed by atoms with Crippen LogP contribution in [0.3, 0.4) is 0 Å². The maximum atomic E-state index is 11.0. The molecule has 0 radical (unpaired) electrons. The molecule has 1 aromatic carbocycles. The number of nitrogens with zero attached hydrogens (tertiary/aromatic N) is 1. The van der Waals surface area contributed by atoms with E-state index in [9.17, 15) is 26.9 Å². The Morgan fingerprint density at radius 2 is 1.48 bits per heavy atom. The molecule has 0 spiro atoms. The average Bonchev–Trinajstić information content (AvgIpc) is 2.32. The van der Waals surface area contributed by atoms with Crippen molar-refractivity contribution >= 4 is 25.9 Å². The van der Waals surface area contributed by atoms with Gasteiger partial charge in [-0.3, -0.25) is 18.5 Å². The zero-order valence-corrected chi connectivity index (χ0v) is 12.8. The highest BCUT2D eigenvalue weighted by Crippen LogP contribution is 2.20. The molecule has 0 aliphatic carbocycles. The van der Waals surface area contributed by atoms with Gasteiger partial charge in [-0.05, 0) is 17.2 Å². The normalized spacial score (nSPS) is 12.3. The van der Waals surface area contributed by atoms with Gasteiger partial charge in [0.2, 0.25) is 0 Å². The molecule has 0 atom stereocenters. The lowest BCUT2D eigenvalue weighted by molar-refractivity contribution is -0.385. The Labute approximate surface area is 121 Å². The van der Waals surface area contributed by atoms with Crippen LogP contribution >= 0.6 is 0 Å². The smallest absolute Gasteiger partial charge is 0.265 e. The van der Waals surface area contributed by atoms with E-state index >= 15 is 0 Å². The Kier molecular flexibility index (Phi) is 5.39. The van der Waals surface area contributed by atoms with Crippen molar-refractivity contribution in [3.8, 4) is 0 Å². The minimum absolute atomic E-state index is 0.151. The molecule has 0 amide bonds. The summed E-state index contributed by atoms with van der Waals surface area (Å²) in [5, 5.41) is 10.7. The fourth-order valence-electron chi connectivity index (χ4n) is 1.34. The van der Waals surface area contributed by atoms with E-state index in [1.165, 1.54) is 6.07 Å². The molecule has 1 aromatic rings. The minimum atomic E-state index is -3.74. The Morgan fingerprint density at radius 1 is 1.00 bits per heavy atom. The van der Waals surface area contributed by atoms with Crippen LogP contribution in [0.4, 0.5) is 5.69 Å². The molecule has 11 heteroatoms. The van der Waals surface area contributed by atoms with Crippen molar-refractivity contribution in [1.29, 1.82) is 0 Å². The van der Waals surface area contributed by atoms with Crippen molar-refractivity contribution < 1.29 is 30.1 Å². The van der Waals surface area contributed by atoms with Gasteiger partial charge in [-0.15, -0.1) is 0 Å². The standard InChI is InChI=1S/C10H13NO8S2/c1-20(14,15)18-6-8-3-4-10(11(12)13)5-9(8)7-19-21(2,16)17/h3-5H,6-7H2,1-2H3. The molecule has 0 unspecified atom stereocenters. The number of nitro benzene ring substituents is 1. The van der Waals surface area contributed by atoms with Crippen molar-refractivity contribution in [2.75, 3.05) is 12.5 Å². The number of rotatable bonds is 7. The molecule has 0 bridgehead atoms. The first-order valence-electron chi connectivity index (χ1n) is 5.43. The summed E-state index contributed by atoms with van der Waals surface area (Å²) < 4.78 is 53.0. The lowest BCUT2D eigenvalue weighted by atomic mass is 10.1. The third-order valence-corrected chi connectivity index (χ3v) is 3.35. The van der Waals surface area contributed by atoms with Gasteiger partial charge >= 0.3 is 0 Å². The summed E-state index contributed by atoms with van der Waals surface area (Å²) in [5.41, 5.74) is 0.151. The summed E-state index contributed by atoms with van der Waals surface area (Å²) in [5.74, 6) is 0. The fourth-order valence-corrected chi connectivity index (χ4v) is 2.02. The van der Waals surface area contributed by atoms with E-state index in [0.29, 0.717) is 0 Å². The quantitative estimate of drug-likeness (QED) is 0.400. The Hall–Kier alpha value is -1.56. The second-order valence-electron chi connectivity index (χ2n) is 4.14. The monoisotopic (exact) mass is 339 g/mol. The van der Waals surface area contributed by atoms with Gasteiger partial charge in [-0.25, -0.2) is 0 Å². The van der Waals surface area contributed by atoms with Gasteiger partial charge in [0.15, 0.2) is 0 Å². The van der Waals surface area contributed by atoms with Crippen molar-refractivity contribution in [2.45, 2.75) is 13.2 Å². The van der Waals surface area contributed by atoms with Crippen LogP contribution in [0, 0.1) is 10.1 Å². The molecule has 1 rings (SSSR count). The number of nitro groups is 1. The maximum absolute atomic E-state index is 11.0. The highest BCUT2D eigenvalue weighted by molar-refractivity contribution is 7.86. The highest BCUT2D eigenvalue weighted by atomic mass is 32.2. The van der Waals surface area contributed by atoms with Crippen molar-refractivity contribution in [3.63, 3.8) is 0 Å². The van der Waals surface area contributed by atoms with Gasteiger partial charge in [0.25, 0.3) is 25.9 Å². The van der Waals surface area contributed by atoms with Gasteiger partial charge in [0, 0.05) is 12.1 Å². The summed E-state index contributed by atoms with van der Waals surface area (Å²) >= 11 is 0. The van der Waals surface area contributed by atoms with Gasteiger partial charge < -0.3 is 0 Å². The first-order chi connectivity index (χ1) is 9.48. The van der Waals surface area contributed by atoms with Crippen LogP contribution < -0.4 is 0 Å². The third-order valence-electron chi connectivity index (χ3n) is 2.26. The van der Waals surface area contributed by atoms with Gasteiger partial charge in [0.1, 0.15) is 0 Å². The van der Waals surface area contributed by atoms with Crippen LogP contribution in [-0.4, -0.2) is 34.3 Å². The van der Waals surface area contributed by atoms with Gasteiger partial charge in [-0.2, -0.15) is 16.8 Å². The van der Waals surface area contributed by atoms with Gasteiger partial charge in [0.05, 0.1) is 30.6 Å². The number of non-ortho nitro benzene ring substituents is 1. The molecule has 0 aliphatic rings. The molecule has 0 saturated carbocycles. The Morgan fingerprint density at radius 3 is 1.90 bits per heavy atom. The third kappa shape index (κ3) is 6.62. The molecule has 118 valence electrons. The fraction of sp³-hybridized carbons (Fsp3) is 0.400. The van der Waals surface area contributed by atoms with Crippen molar-refractivity contribution in [2.24, 2.45) is 0 Å². The number of hydrogen-bond donors (Lipinski definition) is 0. The van der Waals surface area contributed by atoms with E-state index < -0.39 is 31.8 Å². The summed E-state index contributed by atoms with van der Waals surface area (Å²) in [6.45, 7) is -0.831. The van der Waals surface area contributed by atoms with E-state index in [1.54, 1.807) is 0 Å². The van der Waals surface area contributed by atoms with Crippen LogP contribution in [0.1, 0.15) is 11.1 Å². The van der Waals surface area contributed by atoms with Crippen LogP contribution in [0.5, 0.6) is 0 Å². The average molecular weight is 339 g/mol. The zero-order valence-electron chi connectivity index (χ0n) is 11.2. The molecular weight excluding hydrogens is 326 g/mol. The van der Waals surface area contributed by atoms with E-state index in [4.69, 9.17) is 0 Å². The molecule has 0 aliphatic heterocycles. The van der Waals surface area contributed by atoms with Crippen molar-refractivity contribution in [3.05, 3.63) is 39.4 Å². The van der Waals surface area contributed by atoms with E-state index in [0.717, 1.165) is 24.6 Å². The lowest BCUT2D eigenvalue weighted by Crippen LogP contribution is -2.08. The number of hydrogen-bond acceptors (Lipinski definition) is 8. The van der Waals surface area contributed by atoms with E-state index in [1.807, 2.05) is 0 Å². The Balaban J connectivity index is 3.07. The second-order valence-corrected chi connectivity index (χ2v) is 7.43. The van der Waals surface area contributed by atoms with Gasteiger partial charge in [-0.1, -0.05) is 0 Å². The molecule has 0 heterocycles. The van der Waals surface area contributed by atoms with Crippen molar-refractivity contribution in [1.82, 2.24) is 0 Å². The molecule has 9 nitrogen and oxygen atoms in total. The highest BCUT2D eigenvalue weighted by Gasteiger charge is 2.14.